The first-order valence-corrected chi connectivity index (χ1v) is 6.61. The van der Waals surface area contributed by atoms with Crippen molar-refractivity contribution in [2.75, 3.05) is 0 Å². The lowest BCUT2D eigenvalue weighted by Crippen LogP contribution is -2.18. The molecule has 2 aromatic rings. The Hall–Kier alpha value is -2.41. The van der Waals surface area contributed by atoms with E-state index < -0.39 is 23.5 Å². The molecule has 0 spiro atoms. The van der Waals surface area contributed by atoms with Crippen molar-refractivity contribution in [3.05, 3.63) is 70.0 Å². The number of nitrogens with zero attached hydrogens (tertiary/aromatic N) is 1. The van der Waals surface area contributed by atoms with Crippen LogP contribution in [0.1, 0.15) is 21.5 Å². The Kier molecular flexibility index (Phi) is 5.00. The molecule has 0 aliphatic carbocycles. The van der Waals surface area contributed by atoms with Crippen LogP contribution in [0.5, 0.6) is 0 Å². The summed E-state index contributed by atoms with van der Waals surface area (Å²) in [6.07, 6.45) is -3.58. The molecule has 0 bridgehead atoms. The third-order valence-electron chi connectivity index (χ3n) is 2.81. The monoisotopic (exact) mass is 344 g/mol. The molecule has 0 aliphatic heterocycles. The lowest BCUT2D eigenvalue weighted by Gasteiger charge is -2.07. The van der Waals surface area contributed by atoms with Crippen LogP contribution in [0.2, 0.25) is 5.02 Å². The van der Waals surface area contributed by atoms with E-state index in [-0.39, 0.29) is 16.1 Å². The first-order chi connectivity index (χ1) is 10.8. The molecule has 23 heavy (non-hydrogen) atoms. The number of carbonyl (C=O) groups excluding carboxylic acids is 1. The van der Waals surface area contributed by atoms with Gasteiger partial charge in [-0.15, -0.1) is 0 Å². The summed E-state index contributed by atoms with van der Waals surface area (Å²) < 4.78 is 51.2. The molecule has 0 aliphatic rings. The zero-order valence-electron chi connectivity index (χ0n) is 11.4. The first-order valence-electron chi connectivity index (χ1n) is 6.23. The second-order valence-electron chi connectivity index (χ2n) is 4.41. The first kappa shape index (κ1) is 17.0. The van der Waals surface area contributed by atoms with Gasteiger partial charge in [0.1, 0.15) is 5.82 Å². The van der Waals surface area contributed by atoms with E-state index in [1.165, 1.54) is 18.2 Å². The van der Waals surface area contributed by atoms with Crippen molar-refractivity contribution in [1.29, 1.82) is 0 Å². The van der Waals surface area contributed by atoms with Crippen molar-refractivity contribution >= 4 is 23.7 Å². The highest BCUT2D eigenvalue weighted by Gasteiger charge is 2.30. The molecular weight excluding hydrogens is 336 g/mol. The lowest BCUT2D eigenvalue weighted by molar-refractivity contribution is -0.137. The van der Waals surface area contributed by atoms with Crippen LogP contribution in [-0.4, -0.2) is 12.1 Å². The molecule has 0 atom stereocenters. The molecule has 0 unspecified atom stereocenters. The fourth-order valence-corrected chi connectivity index (χ4v) is 1.90. The Balaban J connectivity index is 2.13. The van der Waals surface area contributed by atoms with Gasteiger partial charge < -0.3 is 0 Å². The largest absolute Gasteiger partial charge is 0.416 e. The van der Waals surface area contributed by atoms with Crippen molar-refractivity contribution < 1.29 is 22.4 Å². The van der Waals surface area contributed by atoms with Gasteiger partial charge in [-0.05, 0) is 30.3 Å². The maximum Gasteiger partial charge on any atom is 0.416 e. The van der Waals surface area contributed by atoms with Gasteiger partial charge in [0.25, 0.3) is 5.91 Å². The van der Waals surface area contributed by atoms with Crippen LogP contribution in [-0.2, 0) is 6.18 Å². The summed E-state index contributed by atoms with van der Waals surface area (Å²) in [5, 5.41) is 3.59. The van der Waals surface area contributed by atoms with E-state index in [2.05, 4.69) is 5.10 Å². The molecule has 0 fully saturated rings. The van der Waals surface area contributed by atoms with Gasteiger partial charge in [-0.3, -0.25) is 4.79 Å². The molecule has 0 radical (unpaired) electrons. The number of halogens is 5. The molecular formula is C15H9ClF4N2O. The van der Waals surface area contributed by atoms with Crippen molar-refractivity contribution in [3.63, 3.8) is 0 Å². The van der Waals surface area contributed by atoms with E-state index in [4.69, 9.17) is 11.6 Å². The summed E-state index contributed by atoms with van der Waals surface area (Å²) in [6.45, 7) is 0. The third-order valence-corrected chi connectivity index (χ3v) is 3.14. The number of benzene rings is 2. The maximum atomic E-state index is 13.5. The Morgan fingerprint density at radius 2 is 1.87 bits per heavy atom. The van der Waals surface area contributed by atoms with Gasteiger partial charge in [-0.25, -0.2) is 9.82 Å². The maximum absolute atomic E-state index is 13.5. The summed E-state index contributed by atoms with van der Waals surface area (Å²) in [7, 11) is 0. The number of hydrogen-bond acceptors (Lipinski definition) is 2. The minimum absolute atomic E-state index is 0.0430. The van der Waals surface area contributed by atoms with Crippen molar-refractivity contribution in [2.24, 2.45) is 5.10 Å². The number of rotatable bonds is 3. The van der Waals surface area contributed by atoms with Gasteiger partial charge in [0.2, 0.25) is 0 Å². The molecule has 0 saturated heterocycles. The summed E-state index contributed by atoms with van der Waals surface area (Å²) >= 11 is 5.76. The number of hydrogen-bond donors (Lipinski definition) is 1. The minimum atomic E-state index is -4.56. The molecule has 2 rings (SSSR count). The van der Waals surface area contributed by atoms with Gasteiger partial charge >= 0.3 is 6.18 Å². The quantitative estimate of drug-likeness (QED) is 0.504. The molecule has 1 amide bonds. The fraction of sp³-hybridized carbons (Fsp3) is 0.0667. The van der Waals surface area contributed by atoms with Gasteiger partial charge in [-0.2, -0.15) is 18.3 Å². The van der Waals surface area contributed by atoms with E-state index in [9.17, 15) is 22.4 Å². The Morgan fingerprint density at radius 1 is 1.17 bits per heavy atom. The van der Waals surface area contributed by atoms with Crippen LogP contribution in [0.4, 0.5) is 17.6 Å². The zero-order chi connectivity index (χ0) is 17.0. The van der Waals surface area contributed by atoms with Gasteiger partial charge in [0, 0.05) is 11.1 Å². The van der Waals surface area contributed by atoms with Crippen LogP contribution in [0.3, 0.4) is 0 Å². The number of hydrazone groups is 1. The van der Waals surface area contributed by atoms with Gasteiger partial charge in [0.15, 0.2) is 0 Å². The zero-order valence-corrected chi connectivity index (χ0v) is 12.1. The number of carbonyl (C=O) groups is 1. The highest BCUT2D eigenvalue weighted by molar-refractivity contribution is 6.33. The molecule has 2 aromatic carbocycles. The van der Waals surface area contributed by atoms with Crippen LogP contribution in [0.25, 0.3) is 0 Å². The Bertz CT molecular complexity index is 739. The lowest BCUT2D eigenvalue weighted by atomic mass is 10.1. The van der Waals surface area contributed by atoms with E-state index >= 15 is 0 Å². The van der Waals surface area contributed by atoms with E-state index in [1.807, 2.05) is 5.43 Å². The van der Waals surface area contributed by atoms with E-state index in [0.29, 0.717) is 6.07 Å². The average molecular weight is 345 g/mol. The number of amides is 1. The smallest absolute Gasteiger partial charge is 0.267 e. The standard InChI is InChI=1S/C15H9ClF4N2O/c16-12-5-2-6-13(17)11(12)8-21-22-14(23)9-3-1-4-10(7-9)15(18,19)20/h1-8H,(H,22,23)/b21-8-. The van der Waals surface area contributed by atoms with Crippen molar-refractivity contribution in [3.8, 4) is 0 Å². The van der Waals surface area contributed by atoms with Crippen LogP contribution in [0, 0.1) is 5.82 Å². The highest BCUT2D eigenvalue weighted by Crippen LogP contribution is 2.29. The molecule has 0 aromatic heterocycles. The molecule has 3 nitrogen and oxygen atoms in total. The van der Waals surface area contributed by atoms with Crippen molar-refractivity contribution in [1.82, 2.24) is 5.43 Å². The van der Waals surface area contributed by atoms with Gasteiger partial charge in [0.05, 0.1) is 16.8 Å². The normalized spacial score (nSPS) is 11.7. The van der Waals surface area contributed by atoms with E-state index in [0.717, 1.165) is 24.4 Å². The summed E-state index contributed by atoms with van der Waals surface area (Å²) in [6, 6.07) is 7.84. The summed E-state index contributed by atoms with van der Waals surface area (Å²) in [4.78, 5) is 11.8. The second kappa shape index (κ2) is 6.78. The predicted octanol–water partition coefficient (Wildman–Crippen LogP) is 4.26. The Labute approximate surface area is 133 Å². The summed E-state index contributed by atoms with van der Waals surface area (Å²) in [5.74, 6) is -1.51. The fourth-order valence-electron chi connectivity index (χ4n) is 1.69. The average Bonchev–Trinajstić information content (AvgIpc) is 2.49. The van der Waals surface area contributed by atoms with Gasteiger partial charge in [-0.1, -0.05) is 23.7 Å². The predicted molar refractivity (Wildman–Crippen MR) is 77.9 cm³/mol. The molecule has 0 saturated carbocycles. The van der Waals surface area contributed by atoms with Crippen LogP contribution < -0.4 is 5.43 Å². The molecule has 0 heterocycles. The van der Waals surface area contributed by atoms with E-state index in [1.54, 1.807) is 0 Å². The molecule has 1 N–H and O–H groups in total. The number of alkyl halides is 3. The molecule has 120 valence electrons. The SMILES string of the molecule is O=C(N/N=C\c1c(F)cccc1Cl)c1cccc(C(F)(F)F)c1. The number of nitrogens with one attached hydrogen (secondary N) is 1. The van der Waals surface area contributed by atoms with Crippen molar-refractivity contribution in [2.45, 2.75) is 6.18 Å². The Morgan fingerprint density at radius 3 is 2.52 bits per heavy atom. The summed E-state index contributed by atoms with van der Waals surface area (Å²) in [5.41, 5.74) is 0.797. The third kappa shape index (κ3) is 4.29. The molecule has 8 heteroatoms. The minimum Gasteiger partial charge on any atom is -0.267 e. The second-order valence-corrected chi connectivity index (χ2v) is 4.82. The van der Waals surface area contributed by atoms with Crippen LogP contribution >= 0.6 is 11.6 Å². The topological polar surface area (TPSA) is 41.5 Å². The highest BCUT2D eigenvalue weighted by atomic mass is 35.5. The van der Waals surface area contributed by atoms with Crippen LogP contribution in [0.15, 0.2) is 47.6 Å².